The number of hydrogen-bond acceptors (Lipinski definition) is 2. The molecular weight excluding hydrogens is 290 g/mol. The van der Waals surface area contributed by atoms with Gasteiger partial charge in [0.05, 0.1) is 19.5 Å². The third-order valence-corrected chi connectivity index (χ3v) is 3.63. The zero-order valence-corrected chi connectivity index (χ0v) is 11.4. The molecule has 1 aliphatic rings. The van der Waals surface area contributed by atoms with Gasteiger partial charge < -0.3 is 9.64 Å². The number of carbonyl (C=O) groups excluding carboxylic acids is 1. The topological polar surface area (TPSA) is 29.5 Å². The van der Waals surface area contributed by atoms with E-state index in [1.165, 1.54) is 24.1 Å². The minimum Gasteiger partial charge on any atom is -0.370 e. The highest BCUT2D eigenvalue weighted by Crippen LogP contribution is 2.36. The summed E-state index contributed by atoms with van der Waals surface area (Å²) in [6.45, 7) is 0.345. The van der Waals surface area contributed by atoms with E-state index < -0.39 is 30.5 Å². The fourth-order valence-electron chi connectivity index (χ4n) is 2.34. The average Bonchev–Trinajstić information content (AvgIpc) is 2.37. The Kier molecular flexibility index (Phi) is 4.22. The van der Waals surface area contributed by atoms with E-state index in [4.69, 9.17) is 4.74 Å². The highest BCUT2D eigenvalue weighted by Gasteiger charge is 2.47. The molecule has 0 aromatic heterocycles. The van der Waals surface area contributed by atoms with E-state index in [9.17, 15) is 22.4 Å². The number of hydrogen-bond donors (Lipinski definition) is 0. The first-order valence-electron chi connectivity index (χ1n) is 6.41. The molecule has 7 heteroatoms. The van der Waals surface area contributed by atoms with E-state index in [1.54, 1.807) is 12.1 Å². The van der Waals surface area contributed by atoms with Gasteiger partial charge in [0.15, 0.2) is 0 Å². The molecule has 1 aromatic rings. The van der Waals surface area contributed by atoms with Gasteiger partial charge >= 0.3 is 6.18 Å². The molecule has 3 nitrogen and oxygen atoms in total. The number of methoxy groups -OCH3 is 1. The lowest BCUT2D eigenvalue weighted by atomic mass is 9.85. The molecule has 0 saturated carbocycles. The molecule has 0 unspecified atom stereocenters. The summed E-state index contributed by atoms with van der Waals surface area (Å²) in [7, 11) is 1.46. The smallest absolute Gasteiger partial charge is 0.370 e. The van der Waals surface area contributed by atoms with Crippen molar-refractivity contribution < 1.29 is 27.1 Å². The van der Waals surface area contributed by atoms with E-state index >= 15 is 0 Å². The minimum absolute atomic E-state index is 0.172. The van der Waals surface area contributed by atoms with Gasteiger partial charge in [0.1, 0.15) is 11.4 Å². The predicted molar refractivity (Wildman–Crippen MR) is 67.0 cm³/mol. The van der Waals surface area contributed by atoms with Crippen molar-refractivity contribution >= 4 is 5.91 Å². The Morgan fingerprint density at radius 3 is 2.33 bits per heavy atom. The van der Waals surface area contributed by atoms with Crippen LogP contribution in [0.25, 0.3) is 0 Å². The highest BCUT2D eigenvalue weighted by atomic mass is 19.4. The number of benzene rings is 1. The first-order chi connectivity index (χ1) is 9.76. The van der Waals surface area contributed by atoms with Gasteiger partial charge in [-0.1, -0.05) is 12.1 Å². The van der Waals surface area contributed by atoms with Crippen LogP contribution in [-0.4, -0.2) is 37.2 Å². The van der Waals surface area contributed by atoms with E-state index in [-0.39, 0.29) is 18.9 Å². The normalized spacial score (nSPS) is 17.5. The van der Waals surface area contributed by atoms with E-state index in [0.29, 0.717) is 5.56 Å². The fourth-order valence-corrected chi connectivity index (χ4v) is 2.34. The number of nitrogens with zero attached hydrogens (tertiary/aromatic N) is 1. The lowest BCUT2D eigenvalue weighted by Gasteiger charge is -2.49. The molecule has 1 heterocycles. The van der Waals surface area contributed by atoms with Crippen LogP contribution in [0.3, 0.4) is 0 Å². The second-order valence-electron chi connectivity index (χ2n) is 5.07. The van der Waals surface area contributed by atoms with Crippen molar-refractivity contribution in [2.45, 2.75) is 24.6 Å². The molecule has 0 N–H and O–H groups in total. The summed E-state index contributed by atoms with van der Waals surface area (Å²) < 4.78 is 54.6. The van der Waals surface area contributed by atoms with Gasteiger partial charge in [0.25, 0.3) is 0 Å². The minimum atomic E-state index is -4.34. The lowest BCUT2D eigenvalue weighted by molar-refractivity contribution is -0.171. The van der Waals surface area contributed by atoms with Gasteiger partial charge in [-0.3, -0.25) is 4.79 Å². The van der Waals surface area contributed by atoms with Crippen LogP contribution in [0.2, 0.25) is 0 Å². The monoisotopic (exact) mass is 305 g/mol. The summed E-state index contributed by atoms with van der Waals surface area (Å²) in [6.07, 6.45) is -6.03. The van der Waals surface area contributed by atoms with Gasteiger partial charge in [-0.05, 0) is 17.7 Å². The van der Waals surface area contributed by atoms with Crippen LogP contribution in [0.15, 0.2) is 24.3 Å². The molecule has 0 aliphatic carbocycles. The van der Waals surface area contributed by atoms with Gasteiger partial charge in [-0.15, -0.1) is 0 Å². The van der Waals surface area contributed by atoms with Crippen LogP contribution >= 0.6 is 0 Å². The zero-order chi connectivity index (χ0) is 15.7. The van der Waals surface area contributed by atoms with Crippen molar-refractivity contribution in [3.8, 4) is 0 Å². The van der Waals surface area contributed by atoms with Gasteiger partial charge in [-0.25, -0.2) is 4.39 Å². The van der Waals surface area contributed by atoms with Crippen molar-refractivity contribution in [3.63, 3.8) is 0 Å². The van der Waals surface area contributed by atoms with Gasteiger partial charge in [-0.2, -0.15) is 13.2 Å². The summed E-state index contributed by atoms with van der Waals surface area (Å²) in [4.78, 5) is 13.0. The first-order valence-corrected chi connectivity index (χ1v) is 6.41. The molecule has 21 heavy (non-hydrogen) atoms. The third-order valence-electron chi connectivity index (χ3n) is 3.63. The van der Waals surface area contributed by atoms with Crippen LogP contribution < -0.4 is 0 Å². The number of alkyl halides is 3. The second kappa shape index (κ2) is 5.63. The summed E-state index contributed by atoms with van der Waals surface area (Å²) in [5.74, 6) is -0.940. The standard InChI is InChI=1S/C14H15F4NO2/c1-21-13(10-2-4-11(15)5-3-10)8-19(9-13)12(20)6-7-14(16,17)18/h2-5H,6-9H2,1H3. The van der Waals surface area contributed by atoms with Crippen LogP contribution in [0, 0.1) is 5.82 Å². The van der Waals surface area contributed by atoms with E-state index in [1.807, 2.05) is 0 Å². The Morgan fingerprint density at radius 2 is 1.86 bits per heavy atom. The number of rotatable bonds is 4. The molecule has 0 spiro atoms. The SMILES string of the molecule is COC1(c2ccc(F)cc2)CN(C(=O)CCC(F)(F)F)C1. The van der Waals surface area contributed by atoms with Gasteiger partial charge in [0, 0.05) is 13.5 Å². The average molecular weight is 305 g/mol. The number of carbonyl (C=O) groups is 1. The van der Waals surface area contributed by atoms with Crippen LogP contribution in [0.4, 0.5) is 17.6 Å². The third kappa shape index (κ3) is 3.53. The van der Waals surface area contributed by atoms with Crippen LogP contribution in [-0.2, 0) is 15.1 Å². The Labute approximate surface area is 119 Å². The highest BCUT2D eigenvalue weighted by molar-refractivity contribution is 5.77. The van der Waals surface area contributed by atoms with Crippen molar-refractivity contribution in [1.29, 1.82) is 0 Å². The molecule has 1 aliphatic heterocycles. The Bertz CT molecular complexity index is 507. The van der Waals surface area contributed by atoms with Crippen molar-refractivity contribution in [3.05, 3.63) is 35.6 Å². The summed E-state index contributed by atoms with van der Waals surface area (Å²) in [5.41, 5.74) is -0.0621. The molecule has 0 radical (unpaired) electrons. The Hall–Kier alpha value is -1.63. The van der Waals surface area contributed by atoms with E-state index in [2.05, 4.69) is 0 Å². The van der Waals surface area contributed by atoms with E-state index in [0.717, 1.165) is 0 Å². The van der Waals surface area contributed by atoms with Crippen molar-refractivity contribution in [2.75, 3.05) is 20.2 Å². The maximum atomic E-state index is 12.9. The summed E-state index contributed by atoms with van der Waals surface area (Å²) in [5, 5.41) is 0. The fraction of sp³-hybridized carbons (Fsp3) is 0.500. The zero-order valence-electron chi connectivity index (χ0n) is 11.4. The molecule has 1 amide bonds. The number of likely N-dealkylation sites (tertiary alicyclic amines) is 1. The lowest BCUT2D eigenvalue weighted by Crippen LogP contribution is -2.62. The quantitative estimate of drug-likeness (QED) is 0.801. The Morgan fingerprint density at radius 1 is 1.29 bits per heavy atom. The molecule has 116 valence electrons. The number of amides is 1. The van der Waals surface area contributed by atoms with Crippen molar-refractivity contribution in [1.82, 2.24) is 4.90 Å². The predicted octanol–water partition coefficient (Wildman–Crippen LogP) is 2.85. The molecule has 1 fully saturated rings. The first kappa shape index (κ1) is 15.8. The summed E-state index contributed by atoms with van der Waals surface area (Å²) >= 11 is 0. The van der Waals surface area contributed by atoms with Crippen LogP contribution in [0.1, 0.15) is 18.4 Å². The molecule has 0 atom stereocenters. The number of ether oxygens (including phenoxy) is 1. The van der Waals surface area contributed by atoms with Crippen LogP contribution in [0.5, 0.6) is 0 Å². The molecule has 1 aromatic carbocycles. The second-order valence-corrected chi connectivity index (χ2v) is 5.07. The number of halogens is 4. The molecule has 2 rings (SSSR count). The molecule has 1 saturated heterocycles. The summed E-state index contributed by atoms with van der Waals surface area (Å²) in [6, 6.07) is 5.67. The maximum Gasteiger partial charge on any atom is 0.389 e. The Balaban J connectivity index is 1.96. The molecule has 0 bridgehead atoms. The molecular formula is C14H15F4NO2. The van der Waals surface area contributed by atoms with Crippen molar-refractivity contribution in [2.24, 2.45) is 0 Å². The maximum absolute atomic E-state index is 12.9. The largest absolute Gasteiger partial charge is 0.389 e. The van der Waals surface area contributed by atoms with Gasteiger partial charge in [0.2, 0.25) is 5.91 Å².